The quantitative estimate of drug-likeness (QED) is 0.540. The molecule has 0 saturated heterocycles. The molecular formula is C12H11N3O5S. The zero-order valence-electron chi connectivity index (χ0n) is 10.6. The van der Waals surface area contributed by atoms with Gasteiger partial charge in [0.25, 0.3) is 21.8 Å². The summed E-state index contributed by atoms with van der Waals surface area (Å²) in [6.45, 7) is 0. The second kappa shape index (κ2) is 5.38. The summed E-state index contributed by atoms with van der Waals surface area (Å²) < 4.78 is 26.8. The average molecular weight is 309 g/mol. The Morgan fingerprint density at radius 1 is 1.00 bits per heavy atom. The van der Waals surface area contributed by atoms with Crippen LogP contribution < -0.4 is 16.2 Å². The molecule has 0 bridgehead atoms. The molecule has 8 nitrogen and oxygen atoms in total. The van der Waals surface area contributed by atoms with Crippen molar-refractivity contribution in [1.29, 1.82) is 0 Å². The monoisotopic (exact) mass is 309 g/mol. The first kappa shape index (κ1) is 14.8. The number of furan rings is 1. The molecule has 0 spiro atoms. The van der Waals surface area contributed by atoms with Crippen LogP contribution in [0.25, 0.3) is 0 Å². The summed E-state index contributed by atoms with van der Waals surface area (Å²) in [4.78, 5) is 23.5. The predicted molar refractivity (Wildman–Crippen MR) is 72.7 cm³/mol. The Hall–Kier alpha value is -2.65. The molecule has 0 radical (unpaired) electrons. The highest BCUT2D eigenvalue weighted by Gasteiger charge is 2.19. The number of carbonyl (C=O) groups excluding carboxylic acids is 2. The van der Waals surface area contributed by atoms with E-state index in [1.54, 1.807) is 0 Å². The normalized spacial score (nSPS) is 11.1. The Balaban J connectivity index is 2.13. The van der Waals surface area contributed by atoms with Crippen molar-refractivity contribution in [2.24, 2.45) is 5.14 Å². The van der Waals surface area contributed by atoms with Crippen molar-refractivity contribution < 1.29 is 22.4 Å². The van der Waals surface area contributed by atoms with Gasteiger partial charge in [0.05, 0.1) is 0 Å². The number of primary sulfonamides is 1. The Morgan fingerprint density at radius 2 is 1.62 bits per heavy atom. The van der Waals surface area contributed by atoms with Crippen molar-refractivity contribution in [3.63, 3.8) is 0 Å². The average Bonchev–Trinajstić information content (AvgIpc) is 2.88. The second-order valence-electron chi connectivity index (χ2n) is 4.07. The van der Waals surface area contributed by atoms with Crippen LogP contribution in [0.3, 0.4) is 0 Å². The maximum atomic E-state index is 11.8. The van der Waals surface area contributed by atoms with Gasteiger partial charge in [0.15, 0.2) is 5.76 Å². The molecule has 2 rings (SSSR count). The van der Waals surface area contributed by atoms with E-state index < -0.39 is 26.9 Å². The molecule has 2 amide bonds. The second-order valence-corrected chi connectivity index (χ2v) is 5.56. The molecule has 0 aliphatic rings. The highest BCUT2D eigenvalue weighted by molar-refractivity contribution is 7.89. The molecule has 0 aliphatic heterocycles. The summed E-state index contributed by atoms with van der Waals surface area (Å²) in [7, 11) is -4.05. The third-order valence-electron chi connectivity index (χ3n) is 2.49. The molecule has 1 aromatic heterocycles. The summed E-state index contributed by atoms with van der Waals surface area (Å²) in [5.41, 5.74) is 6.17. The Labute approximate surface area is 119 Å². The molecular weight excluding hydrogens is 298 g/mol. The molecule has 5 N–H and O–H groups in total. The van der Waals surface area contributed by atoms with Crippen molar-refractivity contribution in [2.75, 3.05) is 5.73 Å². The van der Waals surface area contributed by atoms with Gasteiger partial charge in [-0.15, -0.1) is 0 Å². The van der Waals surface area contributed by atoms with Gasteiger partial charge in [-0.2, -0.15) is 0 Å². The molecule has 0 atom stereocenters. The minimum Gasteiger partial charge on any atom is -0.438 e. The lowest BCUT2D eigenvalue weighted by atomic mass is 10.2. The highest BCUT2D eigenvalue weighted by atomic mass is 32.2. The summed E-state index contributed by atoms with van der Waals surface area (Å²) in [6.07, 6.45) is 0. The largest absolute Gasteiger partial charge is 0.438 e. The maximum absolute atomic E-state index is 11.8. The molecule has 110 valence electrons. The minimum atomic E-state index is -4.05. The van der Waals surface area contributed by atoms with Gasteiger partial charge in [0, 0.05) is 11.3 Å². The number of rotatable bonds is 3. The standard InChI is InChI=1S/C12H11N3O5S/c13-8-3-1-7(2-4-8)11(16)15-12(17)9-5-6-10(20-9)21(14,18)19/h1-6H,13H2,(H2,14,18,19)(H,15,16,17). The van der Waals surface area contributed by atoms with Gasteiger partial charge in [-0.3, -0.25) is 14.9 Å². The lowest BCUT2D eigenvalue weighted by Crippen LogP contribution is -2.30. The number of nitrogens with two attached hydrogens (primary N) is 2. The summed E-state index contributed by atoms with van der Waals surface area (Å²) in [5, 5.41) is 6.33. The summed E-state index contributed by atoms with van der Waals surface area (Å²) >= 11 is 0. The number of anilines is 1. The lowest BCUT2D eigenvalue weighted by Gasteiger charge is -2.02. The van der Waals surface area contributed by atoms with Crippen molar-refractivity contribution in [1.82, 2.24) is 5.32 Å². The number of imide groups is 1. The summed E-state index contributed by atoms with van der Waals surface area (Å²) in [5.74, 6) is -1.90. The third kappa shape index (κ3) is 3.46. The van der Waals surface area contributed by atoms with Crippen molar-refractivity contribution in [3.05, 3.63) is 47.7 Å². The van der Waals surface area contributed by atoms with Gasteiger partial charge in [0.2, 0.25) is 5.09 Å². The van der Waals surface area contributed by atoms with Crippen LogP contribution in [0.2, 0.25) is 0 Å². The molecule has 1 heterocycles. The number of benzene rings is 1. The van der Waals surface area contributed by atoms with Crippen LogP contribution in [0.5, 0.6) is 0 Å². The molecule has 0 unspecified atom stereocenters. The van der Waals surface area contributed by atoms with Crippen LogP contribution in [0.4, 0.5) is 5.69 Å². The van der Waals surface area contributed by atoms with Crippen LogP contribution >= 0.6 is 0 Å². The fourth-order valence-corrected chi connectivity index (χ4v) is 1.93. The number of carbonyl (C=O) groups is 2. The molecule has 2 aromatic rings. The van der Waals surface area contributed by atoms with E-state index in [1.807, 2.05) is 5.32 Å². The SMILES string of the molecule is Nc1ccc(C(=O)NC(=O)c2ccc(S(N)(=O)=O)o2)cc1. The smallest absolute Gasteiger partial charge is 0.293 e. The predicted octanol–water partition coefficient (Wildman–Crippen LogP) is 0.0794. The first-order valence-corrected chi connectivity index (χ1v) is 7.16. The number of nitrogens with one attached hydrogen (secondary N) is 1. The van der Waals surface area contributed by atoms with Gasteiger partial charge in [0.1, 0.15) is 0 Å². The first-order chi connectivity index (χ1) is 9.77. The van der Waals surface area contributed by atoms with Crippen LogP contribution in [0.15, 0.2) is 45.9 Å². The topological polar surface area (TPSA) is 145 Å². The molecule has 9 heteroatoms. The van der Waals surface area contributed by atoms with Gasteiger partial charge in [-0.1, -0.05) is 0 Å². The number of nitrogen functional groups attached to an aromatic ring is 1. The number of hydrogen-bond donors (Lipinski definition) is 3. The zero-order valence-corrected chi connectivity index (χ0v) is 11.4. The minimum absolute atomic E-state index is 0.218. The van der Waals surface area contributed by atoms with Crippen molar-refractivity contribution in [2.45, 2.75) is 5.09 Å². The van der Waals surface area contributed by atoms with Crippen LogP contribution in [-0.4, -0.2) is 20.2 Å². The van der Waals surface area contributed by atoms with Gasteiger partial charge < -0.3 is 10.2 Å². The van der Waals surface area contributed by atoms with E-state index in [-0.39, 0.29) is 11.3 Å². The molecule has 0 saturated carbocycles. The third-order valence-corrected chi connectivity index (χ3v) is 3.27. The van der Waals surface area contributed by atoms with E-state index in [4.69, 9.17) is 15.3 Å². The van der Waals surface area contributed by atoms with E-state index in [9.17, 15) is 18.0 Å². The lowest BCUT2D eigenvalue weighted by molar-refractivity contribution is 0.0829. The van der Waals surface area contributed by atoms with Crippen molar-refractivity contribution >= 4 is 27.5 Å². The van der Waals surface area contributed by atoms with Crippen LogP contribution in [0, 0.1) is 0 Å². The summed E-state index contributed by atoms with van der Waals surface area (Å²) in [6, 6.07) is 8.02. The van der Waals surface area contributed by atoms with Gasteiger partial charge >= 0.3 is 0 Å². The van der Waals surface area contributed by atoms with E-state index >= 15 is 0 Å². The molecule has 21 heavy (non-hydrogen) atoms. The zero-order chi connectivity index (χ0) is 15.6. The number of amides is 2. The van der Waals surface area contributed by atoms with Gasteiger partial charge in [-0.05, 0) is 36.4 Å². The fourth-order valence-electron chi connectivity index (χ4n) is 1.47. The molecule has 0 fully saturated rings. The van der Waals surface area contributed by atoms with Crippen LogP contribution in [-0.2, 0) is 10.0 Å². The molecule has 1 aromatic carbocycles. The van der Waals surface area contributed by atoms with Crippen LogP contribution in [0.1, 0.15) is 20.9 Å². The Bertz CT molecular complexity index is 793. The van der Waals surface area contributed by atoms with E-state index in [1.165, 1.54) is 24.3 Å². The fraction of sp³-hybridized carbons (Fsp3) is 0. The van der Waals surface area contributed by atoms with E-state index in [0.717, 1.165) is 12.1 Å². The maximum Gasteiger partial charge on any atom is 0.293 e. The number of hydrogen-bond acceptors (Lipinski definition) is 6. The molecule has 0 aliphatic carbocycles. The first-order valence-electron chi connectivity index (χ1n) is 5.61. The number of sulfonamides is 1. The highest BCUT2D eigenvalue weighted by Crippen LogP contribution is 2.12. The van der Waals surface area contributed by atoms with Gasteiger partial charge in [-0.25, -0.2) is 13.6 Å². The Kier molecular flexibility index (Phi) is 3.78. The Morgan fingerprint density at radius 3 is 2.14 bits per heavy atom. The van der Waals surface area contributed by atoms with E-state index in [0.29, 0.717) is 5.69 Å². The van der Waals surface area contributed by atoms with E-state index in [2.05, 4.69) is 0 Å². The van der Waals surface area contributed by atoms with Crippen molar-refractivity contribution in [3.8, 4) is 0 Å².